The highest BCUT2D eigenvalue weighted by Gasteiger charge is 2.49. The standard InChI is InChI=1S/C14H19NO5S/c1-14(2,3)9-20-21(18,19)13-8-12(13)10-5-4-6-11(7-10)15(16)17/h4-7,12-13H,8-9H2,1-3H3/t12-,13+/m0/s1. The number of non-ortho nitro benzene ring substituents is 1. The van der Waals surface area contributed by atoms with Gasteiger partial charge in [0.15, 0.2) is 0 Å². The van der Waals surface area contributed by atoms with Crippen LogP contribution in [0.25, 0.3) is 0 Å². The van der Waals surface area contributed by atoms with Crippen LogP contribution >= 0.6 is 0 Å². The van der Waals surface area contributed by atoms with Gasteiger partial charge in [0.25, 0.3) is 15.8 Å². The Hall–Kier alpha value is -1.47. The second-order valence-electron chi connectivity index (χ2n) is 6.55. The lowest BCUT2D eigenvalue weighted by atomic mass is 9.99. The molecular weight excluding hydrogens is 294 g/mol. The van der Waals surface area contributed by atoms with Gasteiger partial charge in [-0.3, -0.25) is 14.3 Å². The molecule has 1 aliphatic rings. The highest BCUT2D eigenvalue weighted by Crippen LogP contribution is 2.47. The number of nitro benzene ring substituents is 1. The molecule has 0 bridgehead atoms. The van der Waals surface area contributed by atoms with Crippen molar-refractivity contribution < 1.29 is 17.5 Å². The van der Waals surface area contributed by atoms with Gasteiger partial charge in [0.05, 0.1) is 16.8 Å². The van der Waals surface area contributed by atoms with Crippen LogP contribution in [0.5, 0.6) is 0 Å². The minimum absolute atomic E-state index is 0.0221. The molecule has 1 aliphatic carbocycles. The zero-order valence-corrected chi connectivity index (χ0v) is 13.1. The van der Waals surface area contributed by atoms with Gasteiger partial charge in [0, 0.05) is 18.1 Å². The smallest absolute Gasteiger partial charge is 0.269 e. The van der Waals surface area contributed by atoms with Crippen molar-refractivity contribution in [1.82, 2.24) is 0 Å². The van der Waals surface area contributed by atoms with Crippen molar-refractivity contribution in [1.29, 1.82) is 0 Å². The predicted octanol–water partition coefficient (Wildman–Crippen LogP) is 2.84. The average molecular weight is 313 g/mol. The summed E-state index contributed by atoms with van der Waals surface area (Å²) in [6, 6.07) is 6.12. The molecule has 0 amide bonds. The summed E-state index contributed by atoms with van der Waals surface area (Å²) in [6.07, 6.45) is 0.452. The molecule has 0 N–H and O–H groups in total. The highest BCUT2D eigenvalue weighted by atomic mass is 32.2. The van der Waals surface area contributed by atoms with Crippen LogP contribution in [-0.4, -0.2) is 25.2 Å². The van der Waals surface area contributed by atoms with Crippen LogP contribution in [0.1, 0.15) is 38.7 Å². The number of rotatable bonds is 5. The molecule has 2 atom stereocenters. The molecule has 1 fully saturated rings. The van der Waals surface area contributed by atoms with Crippen molar-refractivity contribution in [3.8, 4) is 0 Å². The maximum atomic E-state index is 12.1. The quantitative estimate of drug-likeness (QED) is 0.474. The molecule has 0 heterocycles. The van der Waals surface area contributed by atoms with Gasteiger partial charge in [-0.15, -0.1) is 0 Å². The van der Waals surface area contributed by atoms with Crippen LogP contribution in [-0.2, 0) is 14.3 Å². The van der Waals surface area contributed by atoms with E-state index < -0.39 is 20.3 Å². The first kappa shape index (κ1) is 15.9. The summed E-state index contributed by atoms with van der Waals surface area (Å²) >= 11 is 0. The Morgan fingerprint density at radius 1 is 1.38 bits per heavy atom. The number of nitro groups is 1. The van der Waals surface area contributed by atoms with Crippen LogP contribution < -0.4 is 0 Å². The molecule has 6 nitrogen and oxygen atoms in total. The predicted molar refractivity (Wildman–Crippen MR) is 78.6 cm³/mol. The molecule has 7 heteroatoms. The third-order valence-electron chi connectivity index (χ3n) is 3.27. The fourth-order valence-corrected chi connectivity index (χ4v) is 3.75. The SMILES string of the molecule is CC(C)(C)COS(=O)(=O)[C@@H]1C[C@H]1c1cccc([N+](=O)[O-])c1. The molecule has 1 aromatic carbocycles. The van der Waals surface area contributed by atoms with Gasteiger partial charge in [0.2, 0.25) is 0 Å². The van der Waals surface area contributed by atoms with Gasteiger partial charge in [-0.25, -0.2) is 0 Å². The molecule has 0 aromatic heterocycles. The topological polar surface area (TPSA) is 86.5 Å². The Labute approximate surface area is 124 Å². The molecule has 2 rings (SSSR count). The van der Waals surface area contributed by atoms with Crippen molar-refractivity contribution in [3.05, 3.63) is 39.9 Å². The lowest BCUT2D eigenvalue weighted by molar-refractivity contribution is -0.384. The first-order valence-electron chi connectivity index (χ1n) is 6.73. The van der Waals surface area contributed by atoms with Crippen LogP contribution in [0.2, 0.25) is 0 Å². The Balaban J connectivity index is 2.07. The molecule has 116 valence electrons. The Morgan fingerprint density at radius 2 is 2.05 bits per heavy atom. The van der Waals surface area contributed by atoms with E-state index in [2.05, 4.69) is 0 Å². The van der Waals surface area contributed by atoms with Gasteiger partial charge in [-0.05, 0) is 17.4 Å². The minimum atomic E-state index is -3.62. The molecule has 1 saturated carbocycles. The molecule has 1 aromatic rings. The van der Waals surface area contributed by atoms with Crippen molar-refractivity contribution in [3.63, 3.8) is 0 Å². The molecule has 0 unspecified atom stereocenters. The second kappa shape index (κ2) is 5.38. The van der Waals surface area contributed by atoms with E-state index in [0.29, 0.717) is 12.0 Å². The fourth-order valence-electron chi connectivity index (χ4n) is 2.06. The summed E-state index contributed by atoms with van der Waals surface area (Å²) in [6.45, 7) is 5.82. The van der Waals surface area contributed by atoms with E-state index >= 15 is 0 Å². The third kappa shape index (κ3) is 4.01. The maximum Gasteiger partial charge on any atom is 0.270 e. The van der Waals surface area contributed by atoms with E-state index in [4.69, 9.17) is 4.18 Å². The lowest BCUT2D eigenvalue weighted by Crippen LogP contribution is -2.21. The molecule has 21 heavy (non-hydrogen) atoms. The third-order valence-corrected chi connectivity index (χ3v) is 4.98. The lowest BCUT2D eigenvalue weighted by Gasteiger charge is -2.17. The highest BCUT2D eigenvalue weighted by molar-refractivity contribution is 7.87. The Morgan fingerprint density at radius 3 is 2.62 bits per heavy atom. The average Bonchev–Trinajstić information content (AvgIpc) is 3.17. The summed E-state index contributed by atoms with van der Waals surface area (Å²) in [4.78, 5) is 10.3. The molecule has 0 radical (unpaired) electrons. The summed E-state index contributed by atoms with van der Waals surface area (Å²) < 4.78 is 29.3. The van der Waals surface area contributed by atoms with Gasteiger partial charge < -0.3 is 0 Å². The largest absolute Gasteiger partial charge is 0.270 e. The van der Waals surface area contributed by atoms with Crippen molar-refractivity contribution in [2.45, 2.75) is 38.4 Å². The number of hydrogen-bond donors (Lipinski definition) is 0. The van der Waals surface area contributed by atoms with Gasteiger partial charge in [0.1, 0.15) is 0 Å². The van der Waals surface area contributed by atoms with Gasteiger partial charge >= 0.3 is 0 Å². The van der Waals surface area contributed by atoms with E-state index in [9.17, 15) is 18.5 Å². The van der Waals surface area contributed by atoms with Gasteiger partial charge in [-0.2, -0.15) is 8.42 Å². The maximum absolute atomic E-state index is 12.1. The number of nitrogens with zero attached hydrogens (tertiary/aromatic N) is 1. The first-order valence-corrected chi connectivity index (χ1v) is 8.20. The van der Waals surface area contributed by atoms with E-state index in [0.717, 1.165) is 0 Å². The zero-order valence-electron chi connectivity index (χ0n) is 12.3. The van der Waals surface area contributed by atoms with Crippen LogP contribution in [0, 0.1) is 15.5 Å². The van der Waals surface area contributed by atoms with E-state index in [1.54, 1.807) is 12.1 Å². The van der Waals surface area contributed by atoms with Crippen molar-refractivity contribution in [2.75, 3.05) is 6.61 Å². The Bertz CT molecular complexity index is 648. The molecule has 0 spiro atoms. The summed E-state index contributed by atoms with van der Waals surface area (Å²) in [5.41, 5.74) is 0.423. The minimum Gasteiger partial charge on any atom is -0.269 e. The Kier molecular flexibility index (Phi) is 4.08. The molecule has 0 aliphatic heterocycles. The monoisotopic (exact) mass is 313 g/mol. The van der Waals surface area contributed by atoms with Gasteiger partial charge in [-0.1, -0.05) is 32.9 Å². The summed E-state index contributed by atoms with van der Waals surface area (Å²) in [7, 11) is -3.62. The van der Waals surface area contributed by atoms with E-state index in [1.165, 1.54) is 12.1 Å². The fraction of sp³-hybridized carbons (Fsp3) is 0.571. The van der Waals surface area contributed by atoms with Crippen LogP contribution in [0.4, 0.5) is 5.69 Å². The van der Waals surface area contributed by atoms with E-state index in [-0.39, 0.29) is 23.6 Å². The van der Waals surface area contributed by atoms with Crippen molar-refractivity contribution >= 4 is 15.8 Å². The van der Waals surface area contributed by atoms with E-state index in [1.807, 2.05) is 20.8 Å². The van der Waals surface area contributed by atoms with Crippen molar-refractivity contribution in [2.24, 2.45) is 5.41 Å². The first-order chi connectivity index (χ1) is 9.60. The molecule has 0 saturated heterocycles. The summed E-state index contributed by atoms with van der Waals surface area (Å²) in [5, 5.41) is 10.2. The molecular formula is C14H19NO5S. The summed E-state index contributed by atoms with van der Waals surface area (Å²) in [5.74, 6) is -0.213. The van der Waals surface area contributed by atoms with Crippen LogP contribution in [0.3, 0.4) is 0 Å². The number of hydrogen-bond acceptors (Lipinski definition) is 5. The van der Waals surface area contributed by atoms with Crippen LogP contribution in [0.15, 0.2) is 24.3 Å². The second-order valence-corrected chi connectivity index (χ2v) is 8.38. The zero-order chi connectivity index (χ0) is 15.8. The normalized spacial score (nSPS) is 22.0. The number of benzene rings is 1.